The summed E-state index contributed by atoms with van der Waals surface area (Å²) < 4.78 is 1.94. The normalized spacial score (nSPS) is 10.9. The van der Waals surface area contributed by atoms with Crippen LogP contribution in [0.4, 0.5) is 0 Å². The van der Waals surface area contributed by atoms with Gasteiger partial charge in [-0.2, -0.15) is 5.10 Å². The molecule has 152 valence electrons. The van der Waals surface area contributed by atoms with E-state index < -0.39 is 0 Å². The largest absolute Gasteiger partial charge is 0.508 e. The smallest absolute Gasteiger partial charge is 0.222 e. The number of hydrogen-bond donors (Lipinski definition) is 1. The van der Waals surface area contributed by atoms with Gasteiger partial charge in [-0.15, -0.1) is 0 Å². The van der Waals surface area contributed by atoms with Crippen LogP contribution in [-0.2, 0) is 24.3 Å². The summed E-state index contributed by atoms with van der Waals surface area (Å²) in [7, 11) is 1.80. The topological polar surface area (TPSA) is 58.4 Å². The molecular weight excluding hydrogens is 386 g/mol. The molecule has 0 saturated carbocycles. The number of carbonyl (C=O) groups is 1. The maximum Gasteiger partial charge on any atom is 0.222 e. The molecule has 0 aliphatic rings. The van der Waals surface area contributed by atoms with Crippen molar-refractivity contribution < 1.29 is 9.90 Å². The van der Waals surface area contributed by atoms with E-state index in [2.05, 4.69) is 5.10 Å². The van der Waals surface area contributed by atoms with Crippen molar-refractivity contribution in [1.29, 1.82) is 0 Å². The predicted molar refractivity (Wildman–Crippen MR) is 115 cm³/mol. The molecule has 6 heteroatoms. The van der Waals surface area contributed by atoms with Gasteiger partial charge in [0.2, 0.25) is 5.91 Å². The molecule has 2 aromatic carbocycles. The average molecular weight is 412 g/mol. The van der Waals surface area contributed by atoms with Gasteiger partial charge in [0, 0.05) is 36.3 Å². The summed E-state index contributed by atoms with van der Waals surface area (Å²) in [6, 6.07) is 14.9. The second-order valence-electron chi connectivity index (χ2n) is 7.28. The highest BCUT2D eigenvalue weighted by molar-refractivity contribution is 6.31. The van der Waals surface area contributed by atoms with Crippen molar-refractivity contribution >= 4 is 17.5 Å². The molecule has 0 radical (unpaired) electrons. The molecule has 1 heterocycles. The Bertz CT molecular complexity index is 1010. The Labute approximate surface area is 176 Å². The Morgan fingerprint density at radius 1 is 1.10 bits per heavy atom. The summed E-state index contributed by atoms with van der Waals surface area (Å²) in [5.74, 6) is 0.265. The van der Waals surface area contributed by atoms with Crippen LogP contribution in [0.15, 0.2) is 48.5 Å². The van der Waals surface area contributed by atoms with Crippen LogP contribution < -0.4 is 0 Å². The Hall–Kier alpha value is -2.79. The summed E-state index contributed by atoms with van der Waals surface area (Å²) in [4.78, 5) is 14.3. The van der Waals surface area contributed by atoms with Gasteiger partial charge in [0.05, 0.1) is 12.2 Å². The first-order valence-electron chi connectivity index (χ1n) is 9.64. The number of halogens is 1. The van der Waals surface area contributed by atoms with Crippen molar-refractivity contribution in [3.8, 4) is 5.75 Å². The molecule has 5 nitrogen and oxygen atoms in total. The van der Waals surface area contributed by atoms with Crippen molar-refractivity contribution in [2.24, 2.45) is 0 Å². The van der Waals surface area contributed by atoms with Crippen molar-refractivity contribution in [3.05, 3.63) is 81.6 Å². The fraction of sp³-hybridized carbons (Fsp3) is 0.304. The quantitative estimate of drug-likeness (QED) is 0.622. The fourth-order valence-electron chi connectivity index (χ4n) is 3.38. The van der Waals surface area contributed by atoms with Crippen LogP contribution in [0.3, 0.4) is 0 Å². The van der Waals surface area contributed by atoms with E-state index in [0.717, 1.165) is 33.1 Å². The summed E-state index contributed by atoms with van der Waals surface area (Å²) in [6.45, 7) is 5.08. The van der Waals surface area contributed by atoms with Gasteiger partial charge >= 0.3 is 0 Å². The SMILES string of the molecule is Cc1nn(Cc2ccccc2Cl)c(C)c1CN(C)C(=O)CCc1ccccc1O. The number of benzene rings is 2. The molecular formula is C23H26ClN3O2. The third-order valence-corrected chi connectivity index (χ3v) is 5.60. The number of phenolic OH excluding ortho intramolecular Hbond substituents is 1. The number of aromatic hydroxyl groups is 1. The van der Waals surface area contributed by atoms with E-state index in [1.54, 1.807) is 24.1 Å². The number of phenols is 1. The zero-order valence-electron chi connectivity index (χ0n) is 17.0. The van der Waals surface area contributed by atoms with Gasteiger partial charge < -0.3 is 10.0 Å². The zero-order valence-corrected chi connectivity index (χ0v) is 17.8. The minimum Gasteiger partial charge on any atom is -0.508 e. The molecule has 0 aliphatic heterocycles. The molecule has 0 atom stereocenters. The number of aromatic nitrogens is 2. The zero-order chi connectivity index (χ0) is 21.0. The molecule has 3 aromatic rings. The molecule has 1 aromatic heterocycles. The van der Waals surface area contributed by atoms with Crippen LogP contribution in [0.1, 0.15) is 34.5 Å². The van der Waals surface area contributed by atoms with E-state index >= 15 is 0 Å². The van der Waals surface area contributed by atoms with Crippen LogP contribution in [0.2, 0.25) is 5.02 Å². The van der Waals surface area contributed by atoms with Crippen molar-refractivity contribution in [3.63, 3.8) is 0 Å². The maximum absolute atomic E-state index is 12.6. The number of aryl methyl sites for hydroxylation is 2. The Morgan fingerprint density at radius 3 is 2.45 bits per heavy atom. The van der Waals surface area contributed by atoms with E-state index in [1.807, 2.05) is 54.9 Å². The first-order valence-corrected chi connectivity index (χ1v) is 10.0. The number of carbonyl (C=O) groups excluding carboxylic acids is 1. The third-order valence-electron chi connectivity index (χ3n) is 5.23. The van der Waals surface area contributed by atoms with Crippen LogP contribution in [-0.4, -0.2) is 32.7 Å². The highest BCUT2D eigenvalue weighted by Gasteiger charge is 2.17. The number of nitrogens with zero attached hydrogens (tertiary/aromatic N) is 3. The molecule has 0 fully saturated rings. The van der Waals surface area contributed by atoms with Crippen LogP contribution in [0.25, 0.3) is 0 Å². The van der Waals surface area contributed by atoms with Crippen molar-refractivity contribution in [1.82, 2.24) is 14.7 Å². The van der Waals surface area contributed by atoms with E-state index in [-0.39, 0.29) is 11.7 Å². The standard InChI is InChI=1S/C23H26ClN3O2/c1-16-20(17(2)27(25-16)14-19-9-4-6-10-21(19)24)15-26(3)23(29)13-12-18-8-5-7-11-22(18)28/h4-11,28H,12-15H2,1-3H3. The van der Waals surface area contributed by atoms with E-state index in [0.29, 0.717) is 25.9 Å². The van der Waals surface area contributed by atoms with Gasteiger partial charge in [-0.05, 0) is 43.5 Å². The summed E-state index contributed by atoms with van der Waals surface area (Å²) >= 11 is 6.28. The Balaban J connectivity index is 1.66. The lowest BCUT2D eigenvalue weighted by Gasteiger charge is -2.18. The van der Waals surface area contributed by atoms with Crippen LogP contribution >= 0.6 is 11.6 Å². The van der Waals surface area contributed by atoms with Gasteiger partial charge in [-0.25, -0.2) is 0 Å². The Morgan fingerprint density at radius 2 is 1.76 bits per heavy atom. The lowest BCUT2D eigenvalue weighted by molar-refractivity contribution is -0.130. The average Bonchev–Trinajstić information content (AvgIpc) is 2.96. The fourth-order valence-corrected chi connectivity index (χ4v) is 3.58. The van der Waals surface area contributed by atoms with Crippen molar-refractivity contribution in [2.45, 2.75) is 39.8 Å². The maximum atomic E-state index is 12.6. The van der Waals surface area contributed by atoms with Gasteiger partial charge in [0.25, 0.3) is 0 Å². The molecule has 3 rings (SSSR count). The number of rotatable bonds is 7. The first kappa shape index (κ1) is 20.9. The molecule has 0 bridgehead atoms. The lowest BCUT2D eigenvalue weighted by Crippen LogP contribution is -2.27. The monoisotopic (exact) mass is 411 g/mol. The predicted octanol–water partition coefficient (Wildman–Crippen LogP) is 4.50. The van der Waals surface area contributed by atoms with E-state index in [1.165, 1.54) is 0 Å². The van der Waals surface area contributed by atoms with E-state index in [4.69, 9.17) is 11.6 Å². The highest BCUT2D eigenvalue weighted by Crippen LogP contribution is 2.21. The molecule has 0 aliphatic carbocycles. The number of para-hydroxylation sites is 1. The van der Waals surface area contributed by atoms with Gasteiger partial charge in [-0.3, -0.25) is 9.48 Å². The van der Waals surface area contributed by atoms with E-state index in [9.17, 15) is 9.90 Å². The number of hydrogen-bond acceptors (Lipinski definition) is 3. The first-order chi connectivity index (χ1) is 13.9. The molecule has 0 spiro atoms. The van der Waals surface area contributed by atoms with Crippen LogP contribution in [0, 0.1) is 13.8 Å². The minimum absolute atomic E-state index is 0.0332. The second kappa shape index (κ2) is 9.14. The highest BCUT2D eigenvalue weighted by atomic mass is 35.5. The molecule has 0 unspecified atom stereocenters. The molecule has 0 saturated heterocycles. The summed E-state index contributed by atoms with van der Waals surface area (Å²) in [5.41, 5.74) is 4.79. The summed E-state index contributed by atoms with van der Waals surface area (Å²) in [6.07, 6.45) is 0.861. The van der Waals surface area contributed by atoms with Crippen LogP contribution in [0.5, 0.6) is 5.75 Å². The lowest BCUT2D eigenvalue weighted by atomic mass is 10.1. The molecule has 29 heavy (non-hydrogen) atoms. The molecule has 1 amide bonds. The number of amides is 1. The van der Waals surface area contributed by atoms with Gasteiger partial charge in [0.1, 0.15) is 5.75 Å². The van der Waals surface area contributed by atoms with Gasteiger partial charge in [-0.1, -0.05) is 48.0 Å². The minimum atomic E-state index is 0.0332. The van der Waals surface area contributed by atoms with Gasteiger partial charge in [0.15, 0.2) is 0 Å². The van der Waals surface area contributed by atoms with Crippen molar-refractivity contribution in [2.75, 3.05) is 7.05 Å². The Kier molecular flexibility index (Phi) is 6.60. The summed E-state index contributed by atoms with van der Waals surface area (Å²) in [5, 5.41) is 15.2. The third kappa shape index (κ3) is 4.98. The second-order valence-corrected chi connectivity index (χ2v) is 7.68. The molecule has 1 N–H and O–H groups in total.